The molecule has 0 atom stereocenters. The van der Waals surface area contributed by atoms with Gasteiger partial charge in [0.15, 0.2) is 5.82 Å². The van der Waals surface area contributed by atoms with Gasteiger partial charge < -0.3 is 9.64 Å². The summed E-state index contributed by atoms with van der Waals surface area (Å²) < 4.78 is 19.1. The van der Waals surface area contributed by atoms with Gasteiger partial charge in [-0.25, -0.2) is 19.3 Å². The van der Waals surface area contributed by atoms with Gasteiger partial charge in [-0.2, -0.15) is 0 Å². The van der Waals surface area contributed by atoms with E-state index in [0.29, 0.717) is 5.95 Å². The molecule has 1 spiro atoms. The Morgan fingerprint density at radius 2 is 1.96 bits per heavy atom. The molecular weight excluding hydrogens is 329 g/mol. The molecule has 0 radical (unpaired) electrons. The first-order valence-corrected chi connectivity index (χ1v) is 9.08. The number of aromatic nitrogens is 3. The van der Waals surface area contributed by atoms with E-state index < -0.39 is 5.82 Å². The van der Waals surface area contributed by atoms with Crippen LogP contribution in [0.4, 0.5) is 10.3 Å². The fourth-order valence-electron chi connectivity index (χ4n) is 3.47. The maximum Gasteiger partial charge on any atom is 0.225 e. The van der Waals surface area contributed by atoms with Gasteiger partial charge in [-0.05, 0) is 12.8 Å². The van der Waals surface area contributed by atoms with Crippen LogP contribution in [0.3, 0.4) is 0 Å². The maximum absolute atomic E-state index is 13.0. The molecule has 2 aromatic rings. The van der Waals surface area contributed by atoms with E-state index in [2.05, 4.69) is 24.8 Å². The first-order valence-electron chi connectivity index (χ1n) is 8.20. The van der Waals surface area contributed by atoms with E-state index in [1.54, 1.807) is 11.3 Å². The van der Waals surface area contributed by atoms with Crippen LogP contribution in [0.25, 0.3) is 0 Å². The highest BCUT2D eigenvalue weighted by Crippen LogP contribution is 2.31. The number of hydrogen-bond donors (Lipinski definition) is 0. The van der Waals surface area contributed by atoms with Crippen LogP contribution in [0.15, 0.2) is 24.0 Å². The predicted octanol–water partition coefficient (Wildman–Crippen LogP) is 1.94. The summed E-state index contributed by atoms with van der Waals surface area (Å²) in [5.74, 6) is 0.197. The van der Waals surface area contributed by atoms with Crippen molar-refractivity contribution in [1.82, 2.24) is 19.9 Å². The minimum absolute atomic E-state index is 0.0912. The molecule has 0 unspecified atom stereocenters. The lowest BCUT2D eigenvalue weighted by atomic mass is 9.89. The molecule has 4 rings (SSSR count). The average molecular weight is 349 g/mol. The molecule has 0 aliphatic carbocycles. The molecule has 6 nitrogen and oxygen atoms in total. The number of hydrogen-bond acceptors (Lipinski definition) is 7. The van der Waals surface area contributed by atoms with Crippen LogP contribution < -0.4 is 4.90 Å². The highest BCUT2D eigenvalue weighted by atomic mass is 32.1. The van der Waals surface area contributed by atoms with Gasteiger partial charge in [-0.3, -0.25) is 4.90 Å². The topological polar surface area (TPSA) is 54.4 Å². The van der Waals surface area contributed by atoms with E-state index in [4.69, 9.17) is 4.74 Å². The summed E-state index contributed by atoms with van der Waals surface area (Å²) >= 11 is 1.70. The molecule has 2 aromatic heterocycles. The molecule has 0 aromatic carbocycles. The number of piperidine rings is 1. The fourth-order valence-corrected chi connectivity index (χ4v) is 4.12. The Morgan fingerprint density at radius 3 is 2.67 bits per heavy atom. The lowest BCUT2D eigenvalue weighted by Crippen LogP contribution is -2.56. The molecule has 24 heavy (non-hydrogen) atoms. The van der Waals surface area contributed by atoms with Crippen LogP contribution >= 0.6 is 11.3 Å². The Hall–Kier alpha value is -1.64. The molecule has 2 aliphatic heterocycles. The van der Waals surface area contributed by atoms with Crippen LogP contribution in [0.2, 0.25) is 0 Å². The Morgan fingerprint density at radius 1 is 1.17 bits per heavy atom. The molecule has 2 fully saturated rings. The third kappa shape index (κ3) is 3.40. The molecule has 0 bridgehead atoms. The summed E-state index contributed by atoms with van der Waals surface area (Å²) in [5.41, 5.74) is -0.0912. The van der Waals surface area contributed by atoms with Gasteiger partial charge in [0.1, 0.15) is 5.01 Å². The lowest BCUT2D eigenvalue weighted by molar-refractivity contribution is -0.122. The van der Waals surface area contributed by atoms with Crippen molar-refractivity contribution >= 4 is 17.3 Å². The van der Waals surface area contributed by atoms with Crippen molar-refractivity contribution in [3.63, 3.8) is 0 Å². The normalized spacial score (nSPS) is 21.3. The van der Waals surface area contributed by atoms with Crippen molar-refractivity contribution in [1.29, 1.82) is 0 Å². The summed E-state index contributed by atoms with van der Waals surface area (Å²) in [6.07, 6.45) is 6.17. The zero-order chi connectivity index (χ0) is 16.4. The van der Waals surface area contributed by atoms with Crippen molar-refractivity contribution < 1.29 is 9.13 Å². The fraction of sp³-hybridized carbons (Fsp3) is 0.562. The maximum atomic E-state index is 13.0. The lowest BCUT2D eigenvalue weighted by Gasteiger charge is -2.47. The number of nitrogens with zero attached hydrogens (tertiary/aromatic N) is 5. The number of rotatable bonds is 3. The summed E-state index contributed by atoms with van der Waals surface area (Å²) in [5, 5.41) is 3.18. The monoisotopic (exact) mass is 349 g/mol. The molecule has 128 valence electrons. The number of anilines is 1. The van der Waals surface area contributed by atoms with Crippen LogP contribution in [0.5, 0.6) is 0 Å². The average Bonchev–Trinajstić information content (AvgIpc) is 3.10. The van der Waals surface area contributed by atoms with E-state index in [9.17, 15) is 4.39 Å². The Balaban J connectivity index is 1.37. The van der Waals surface area contributed by atoms with Gasteiger partial charge in [0, 0.05) is 37.8 Å². The van der Waals surface area contributed by atoms with Crippen molar-refractivity contribution in [2.24, 2.45) is 0 Å². The van der Waals surface area contributed by atoms with Crippen molar-refractivity contribution in [2.45, 2.75) is 25.0 Å². The van der Waals surface area contributed by atoms with Gasteiger partial charge >= 0.3 is 0 Å². The first kappa shape index (κ1) is 15.9. The summed E-state index contributed by atoms with van der Waals surface area (Å²) in [6, 6.07) is 0. The van der Waals surface area contributed by atoms with E-state index >= 15 is 0 Å². The zero-order valence-corrected chi connectivity index (χ0v) is 14.2. The molecule has 0 N–H and O–H groups in total. The SMILES string of the molecule is Fc1cnc(N2CCC3(CC2)CN(Cc2nccs2)CCO3)nc1. The largest absolute Gasteiger partial charge is 0.372 e. The molecule has 2 saturated heterocycles. The summed E-state index contributed by atoms with van der Waals surface area (Å²) in [4.78, 5) is 17.1. The quantitative estimate of drug-likeness (QED) is 0.844. The van der Waals surface area contributed by atoms with Crippen LogP contribution in [0, 0.1) is 5.82 Å². The predicted molar refractivity (Wildman–Crippen MR) is 89.5 cm³/mol. The van der Waals surface area contributed by atoms with Crippen molar-refractivity contribution in [3.8, 4) is 0 Å². The second-order valence-electron chi connectivity index (χ2n) is 6.36. The second kappa shape index (κ2) is 6.70. The Labute approximate surface area is 144 Å². The molecule has 0 amide bonds. The summed E-state index contributed by atoms with van der Waals surface area (Å²) in [7, 11) is 0. The highest BCUT2D eigenvalue weighted by Gasteiger charge is 2.40. The van der Waals surface area contributed by atoms with Gasteiger partial charge in [0.2, 0.25) is 5.95 Å². The minimum Gasteiger partial charge on any atom is -0.372 e. The third-order valence-electron chi connectivity index (χ3n) is 4.73. The molecular formula is C16H20FN5OS. The first-order chi connectivity index (χ1) is 11.7. The molecule has 2 aliphatic rings. The molecule has 8 heteroatoms. The second-order valence-corrected chi connectivity index (χ2v) is 7.34. The number of thiazole rings is 1. The van der Waals surface area contributed by atoms with E-state index in [0.717, 1.165) is 57.2 Å². The Kier molecular flexibility index (Phi) is 4.43. The van der Waals surface area contributed by atoms with Crippen LogP contribution in [0.1, 0.15) is 17.8 Å². The van der Waals surface area contributed by atoms with Crippen molar-refractivity contribution in [3.05, 3.63) is 34.8 Å². The van der Waals surface area contributed by atoms with Gasteiger partial charge in [-0.1, -0.05) is 0 Å². The number of ether oxygens (including phenoxy) is 1. The minimum atomic E-state index is -0.402. The zero-order valence-electron chi connectivity index (χ0n) is 13.4. The van der Waals surface area contributed by atoms with E-state index in [1.807, 2.05) is 11.6 Å². The molecule has 0 saturated carbocycles. The van der Waals surface area contributed by atoms with Crippen LogP contribution in [-0.2, 0) is 11.3 Å². The number of halogens is 1. The van der Waals surface area contributed by atoms with Gasteiger partial charge in [0.25, 0.3) is 0 Å². The standard InChI is InChI=1S/C16H20FN5OS/c17-13-9-19-15(20-10-13)22-4-1-16(2-5-22)12-21(6-7-23-16)11-14-18-3-8-24-14/h3,8-10H,1-2,4-7,11-12H2. The van der Waals surface area contributed by atoms with E-state index in [-0.39, 0.29) is 5.60 Å². The third-order valence-corrected chi connectivity index (χ3v) is 5.50. The Bertz CT molecular complexity index is 658. The summed E-state index contributed by atoms with van der Waals surface area (Å²) in [6.45, 7) is 5.20. The molecule has 4 heterocycles. The van der Waals surface area contributed by atoms with Gasteiger partial charge in [0.05, 0.1) is 31.1 Å². The highest BCUT2D eigenvalue weighted by molar-refractivity contribution is 7.09. The van der Waals surface area contributed by atoms with Crippen molar-refractivity contribution in [2.75, 3.05) is 37.7 Å². The van der Waals surface area contributed by atoms with Gasteiger partial charge in [-0.15, -0.1) is 11.3 Å². The van der Waals surface area contributed by atoms with E-state index in [1.165, 1.54) is 12.4 Å². The van der Waals surface area contributed by atoms with Crippen LogP contribution in [-0.4, -0.2) is 58.2 Å². The number of morpholine rings is 1. The smallest absolute Gasteiger partial charge is 0.225 e.